The quantitative estimate of drug-likeness (QED) is 0.437. The van der Waals surface area contributed by atoms with Gasteiger partial charge >= 0.3 is 6.09 Å². The Hall–Kier alpha value is -3.85. The number of aromatic nitrogens is 4. The Morgan fingerprint density at radius 1 is 1.21 bits per heavy atom. The number of hydrogen-bond donors (Lipinski definition) is 1. The van der Waals surface area contributed by atoms with E-state index in [2.05, 4.69) is 10.1 Å². The third-order valence-corrected chi connectivity index (χ3v) is 5.71. The van der Waals surface area contributed by atoms with E-state index in [0.29, 0.717) is 21.9 Å². The minimum atomic E-state index is -0.498. The molecule has 0 bridgehead atoms. The van der Waals surface area contributed by atoms with Crippen LogP contribution in [0.5, 0.6) is 5.75 Å². The zero-order chi connectivity index (χ0) is 24.4. The number of carbonyl (C=O) groups excluding carboxylic acids is 1. The minimum absolute atomic E-state index is 0.0768. The summed E-state index contributed by atoms with van der Waals surface area (Å²) >= 11 is 6.42. The van der Waals surface area contributed by atoms with Crippen molar-refractivity contribution in [3.05, 3.63) is 64.6 Å². The lowest BCUT2D eigenvalue weighted by molar-refractivity contribution is 0.111. The van der Waals surface area contributed by atoms with Crippen LogP contribution < -0.4 is 10.5 Å². The van der Waals surface area contributed by atoms with Gasteiger partial charge in [-0.05, 0) is 25.1 Å². The molecule has 4 aromatic rings. The summed E-state index contributed by atoms with van der Waals surface area (Å²) in [5.41, 5.74) is 10.7. The number of fused-ring (bicyclic) bond motifs is 1. The number of pyridine rings is 2. The Morgan fingerprint density at radius 2 is 2.00 bits per heavy atom. The van der Waals surface area contributed by atoms with Gasteiger partial charge in [0.2, 0.25) is 0 Å². The third-order valence-electron chi connectivity index (χ3n) is 5.38. The van der Waals surface area contributed by atoms with Crippen molar-refractivity contribution in [1.82, 2.24) is 24.6 Å². The molecule has 9 nitrogen and oxygen atoms in total. The van der Waals surface area contributed by atoms with Crippen LogP contribution in [0.2, 0.25) is 5.02 Å². The molecular weight excluding hydrogens is 456 g/mol. The smallest absolute Gasteiger partial charge is 0.409 e. The van der Waals surface area contributed by atoms with Crippen molar-refractivity contribution in [1.29, 1.82) is 0 Å². The van der Waals surface area contributed by atoms with Gasteiger partial charge in [0.15, 0.2) is 0 Å². The van der Waals surface area contributed by atoms with Gasteiger partial charge in [-0.2, -0.15) is 5.10 Å². The Labute approximate surface area is 202 Å². The zero-order valence-corrected chi connectivity index (χ0v) is 20.1. The maximum absolute atomic E-state index is 11.9. The van der Waals surface area contributed by atoms with E-state index in [1.54, 1.807) is 20.3 Å². The Kier molecular flexibility index (Phi) is 6.56. The number of hydrogen-bond acceptors (Lipinski definition) is 7. The Balaban J connectivity index is 1.69. The second-order valence-corrected chi connectivity index (χ2v) is 8.40. The molecule has 1 aromatic carbocycles. The fraction of sp³-hybridized carbons (Fsp3) is 0.250. The average Bonchev–Trinajstić information content (AvgIpc) is 3.23. The van der Waals surface area contributed by atoms with E-state index < -0.39 is 6.09 Å². The largest absolute Gasteiger partial charge is 0.487 e. The molecule has 0 saturated carbocycles. The highest BCUT2D eigenvalue weighted by Crippen LogP contribution is 2.34. The van der Waals surface area contributed by atoms with Gasteiger partial charge in [-0.1, -0.05) is 23.7 Å². The maximum Gasteiger partial charge on any atom is 0.409 e. The van der Waals surface area contributed by atoms with Gasteiger partial charge in [-0.25, -0.2) is 14.8 Å². The number of nitrogens with two attached hydrogens (primary N) is 1. The number of carbonyl (C=O) groups is 1. The van der Waals surface area contributed by atoms with E-state index in [0.717, 1.165) is 27.9 Å². The van der Waals surface area contributed by atoms with Crippen molar-refractivity contribution in [2.45, 2.75) is 20.1 Å². The minimum Gasteiger partial charge on any atom is -0.487 e. The summed E-state index contributed by atoms with van der Waals surface area (Å²) < 4.78 is 13.3. The van der Waals surface area contributed by atoms with Crippen molar-refractivity contribution >= 4 is 34.4 Å². The van der Waals surface area contributed by atoms with Crippen LogP contribution in [0.15, 0.2) is 42.7 Å². The first-order chi connectivity index (χ1) is 16.3. The van der Waals surface area contributed by atoms with E-state index in [1.165, 1.54) is 11.1 Å². The monoisotopic (exact) mass is 480 g/mol. The molecule has 0 aliphatic rings. The lowest BCUT2D eigenvalue weighted by Crippen LogP contribution is -2.23. The summed E-state index contributed by atoms with van der Waals surface area (Å²) in [7, 11) is 5.10. The summed E-state index contributed by atoms with van der Waals surface area (Å²) in [6.45, 7) is 1.95. The van der Waals surface area contributed by atoms with Gasteiger partial charge in [0.25, 0.3) is 0 Å². The average molecular weight is 481 g/mol. The second kappa shape index (κ2) is 9.56. The molecule has 34 heavy (non-hydrogen) atoms. The van der Waals surface area contributed by atoms with Gasteiger partial charge < -0.3 is 20.1 Å². The molecule has 0 fully saturated rings. The van der Waals surface area contributed by atoms with Crippen LogP contribution in [-0.2, 0) is 25.0 Å². The number of rotatable bonds is 6. The lowest BCUT2D eigenvalue weighted by Gasteiger charge is -2.17. The number of halogens is 1. The number of nitrogens with zero attached hydrogens (tertiary/aromatic N) is 5. The molecule has 1 amide bonds. The molecule has 0 aliphatic carbocycles. The normalized spacial score (nSPS) is 11.0. The van der Waals surface area contributed by atoms with Crippen LogP contribution in [0.1, 0.15) is 16.8 Å². The number of anilines is 1. The molecule has 2 N–H and O–H groups in total. The van der Waals surface area contributed by atoms with Gasteiger partial charge in [0.1, 0.15) is 30.3 Å². The molecule has 4 rings (SSSR count). The van der Waals surface area contributed by atoms with Crippen molar-refractivity contribution in [2.24, 2.45) is 7.05 Å². The summed E-state index contributed by atoms with van der Waals surface area (Å²) in [6.07, 6.45) is 2.72. The molecule has 0 saturated heterocycles. The van der Waals surface area contributed by atoms with Crippen LogP contribution in [0.4, 0.5) is 10.6 Å². The summed E-state index contributed by atoms with van der Waals surface area (Å²) in [5.74, 6) is 0.812. The van der Waals surface area contributed by atoms with Crippen molar-refractivity contribution in [2.75, 3.05) is 19.8 Å². The fourth-order valence-electron chi connectivity index (χ4n) is 3.63. The highest BCUT2D eigenvalue weighted by Gasteiger charge is 2.18. The van der Waals surface area contributed by atoms with Crippen LogP contribution in [-0.4, -0.2) is 44.8 Å². The molecule has 3 heterocycles. The Morgan fingerprint density at radius 3 is 2.71 bits per heavy atom. The highest BCUT2D eigenvalue weighted by molar-refractivity contribution is 6.31. The molecule has 0 aliphatic heterocycles. The number of ether oxygens (including phenoxy) is 2. The lowest BCUT2D eigenvalue weighted by atomic mass is 10.0. The first-order valence-electron chi connectivity index (χ1n) is 10.5. The van der Waals surface area contributed by atoms with Crippen molar-refractivity contribution in [3.63, 3.8) is 0 Å². The van der Waals surface area contributed by atoms with Gasteiger partial charge in [-0.15, -0.1) is 0 Å². The SMILES string of the molecule is Cc1cc(-c2ccnn2C)c2cccc(OCc3c(Cl)cnc(N)c3COC(=O)N(C)C)c2n1. The number of amides is 1. The fourth-order valence-corrected chi connectivity index (χ4v) is 3.84. The van der Waals surface area contributed by atoms with Crippen LogP contribution in [0, 0.1) is 6.92 Å². The molecule has 0 unspecified atom stereocenters. The number of nitrogen functional groups attached to an aromatic ring is 1. The summed E-state index contributed by atoms with van der Waals surface area (Å²) in [4.78, 5) is 22.0. The van der Waals surface area contributed by atoms with Crippen molar-refractivity contribution in [3.8, 4) is 17.0 Å². The van der Waals surface area contributed by atoms with Crippen LogP contribution in [0.3, 0.4) is 0 Å². The second-order valence-electron chi connectivity index (χ2n) is 7.99. The summed E-state index contributed by atoms with van der Waals surface area (Å²) in [6, 6.07) is 9.76. The van der Waals surface area contributed by atoms with E-state index in [9.17, 15) is 4.79 Å². The van der Waals surface area contributed by atoms with Crippen molar-refractivity contribution < 1.29 is 14.3 Å². The number of aryl methyl sites for hydroxylation is 2. The topological polar surface area (TPSA) is 108 Å². The van der Waals surface area contributed by atoms with Crippen LogP contribution in [0.25, 0.3) is 22.2 Å². The van der Waals surface area contributed by atoms with E-state index in [1.807, 2.05) is 49.0 Å². The molecule has 0 radical (unpaired) electrons. The third kappa shape index (κ3) is 4.60. The molecule has 0 atom stereocenters. The highest BCUT2D eigenvalue weighted by atomic mass is 35.5. The predicted molar refractivity (Wildman–Crippen MR) is 131 cm³/mol. The van der Waals surface area contributed by atoms with E-state index in [-0.39, 0.29) is 19.0 Å². The molecule has 3 aromatic heterocycles. The van der Waals surface area contributed by atoms with Crippen LogP contribution >= 0.6 is 11.6 Å². The number of benzene rings is 1. The summed E-state index contributed by atoms with van der Waals surface area (Å²) in [5, 5.41) is 5.59. The standard InChI is InChI=1S/C24H25ClN6O3/c1-14-10-16(20-8-9-28-31(20)4)15-6-5-7-21(22(15)29-14)33-12-17-18(13-34-24(32)30(2)3)23(26)27-11-19(17)25/h5-11H,12-13H2,1-4H3,(H2,26,27). The van der Waals surface area contributed by atoms with Gasteiger partial charge in [0.05, 0.1) is 10.7 Å². The predicted octanol–water partition coefficient (Wildman–Crippen LogP) is 4.35. The molecule has 10 heteroatoms. The van der Waals surface area contributed by atoms with Gasteiger partial charge in [0, 0.05) is 61.3 Å². The molecule has 0 spiro atoms. The zero-order valence-electron chi connectivity index (χ0n) is 19.4. The first-order valence-corrected chi connectivity index (χ1v) is 10.9. The maximum atomic E-state index is 11.9. The van der Waals surface area contributed by atoms with E-state index >= 15 is 0 Å². The Bertz CT molecular complexity index is 1370. The molecular formula is C24H25ClN6O3. The first kappa shape index (κ1) is 23.3. The van der Waals surface area contributed by atoms with E-state index in [4.69, 9.17) is 31.8 Å². The number of para-hydroxylation sites is 1. The molecule has 176 valence electrons. The van der Waals surface area contributed by atoms with Gasteiger partial charge in [-0.3, -0.25) is 4.68 Å².